The monoisotopic (exact) mass is 248 g/mol. The van der Waals surface area contributed by atoms with Gasteiger partial charge in [-0.05, 0) is 24.6 Å². The Bertz CT molecular complexity index is 532. The summed E-state index contributed by atoms with van der Waals surface area (Å²) in [5.41, 5.74) is 1.59. The number of phenolic OH excluding ortho intramolecular Hbond substituents is 1. The fourth-order valence-electron chi connectivity index (χ4n) is 1.66. The Hall–Kier alpha value is -1.74. The van der Waals surface area contributed by atoms with Gasteiger partial charge < -0.3 is 9.67 Å². The summed E-state index contributed by atoms with van der Waals surface area (Å²) in [6.45, 7) is 2.04. The summed E-state index contributed by atoms with van der Waals surface area (Å²) in [7, 11) is 0. The zero-order valence-electron chi connectivity index (χ0n) is 9.47. The van der Waals surface area contributed by atoms with E-state index in [-0.39, 0.29) is 5.75 Å². The van der Waals surface area contributed by atoms with E-state index in [1.165, 1.54) is 0 Å². The van der Waals surface area contributed by atoms with Crippen LogP contribution in [0, 0.1) is 0 Å². The predicted molar refractivity (Wildman–Crippen MR) is 69.0 cm³/mol. The molecule has 0 amide bonds. The molecular weight excluding hydrogens is 236 g/mol. The van der Waals surface area contributed by atoms with Crippen LogP contribution in [0.1, 0.15) is 18.9 Å². The van der Waals surface area contributed by atoms with Crippen molar-refractivity contribution in [2.45, 2.75) is 13.3 Å². The van der Waals surface area contributed by atoms with Crippen LogP contribution < -0.4 is 0 Å². The average Bonchev–Trinajstić information content (AvgIpc) is 2.83. The summed E-state index contributed by atoms with van der Waals surface area (Å²) in [5, 5.41) is 10.5. The summed E-state index contributed by atoms with van der Waals surface area (Å²) in [6, 6.07) is 5.01. The molecule has 0 saturated heterocycles. The number of halogens is 1. The summed E-state index contributed by atoms with van der Waals surface area (Å²) in [4.78, 5) is 4.01. The third-order valence-electron chi connectivity index (χ3n) is 2.41. The van der Waals surface area contributed by atoms with E-state index in [1.54, 1.807) is 30.7 Å². The van der Waals surface area contributed by atoms with E-state index in [9.17, 15) is 5.11 Å². The van der Waals surface area contributed by atoms with Crippen LogP contribution in [-0.4, -0.2) is 14.7 Å². The van der Waals surface area contributed by atoms with Crippen molar-refractivity contribution in [2.75, 3.05) is 0 Å². The molecule has 0 aliphatic heterocycles. The molecule has 0 aliphatic carbocycles. The van der Waals surface area contributed by atoms with Crippen molar-refractivity contribution in [3.8, 4) is 5.75 Å². The first kappa shape index (κ1) is 11.7. The van der Waals surface area contributed by atoms with E-state index in [4.69, 9.17) is 11.6 Å². The van der Waals surface area contributed by atoms with Crippen LogP contribution in [0.2, 0.25) is 5.02 Å². The molecule has 1 aromatic heterocycles. The van der Waals surface area contributed by atoms with Gasteiger partial charge in [0.1, 0.15) is 5.75 Å². The first-order valence-corrected chi connectivity index (χ1v) is 5.77. The standard InChI is InChI=1S/C13H13ClN2O/c1-2-3-12(16-7-6-15-9-16)11-8-10(14)4-5-13(11)17/h3-9,17H,2H2,1H3/b12-3-. The van der Waals surface area contributed by atoms with Crippen LogP contribution in [0.5, 0.6) is 5.75 Å². The fraction of sp³-hybridized carbons (Fsp3) is 0.154. The molecule has 2 aromatic rings. The minimum atomic E-state index is 0.211. The van der Waals surface area contributed by atoms with Gasteiger partial charge in [-0.15, -0.1) is 0 Å². The maximum absolute atomic E-state index is 9.90. The molecule has 3 nitrogen and oxygen atoms in total. The zero-order chi connectivity index (χ0) is 12.3. The summed E-state index contributed by atoms with van der Waals surface area (Å²) >= 11 is 5.96. The lowest BCUT2D eigenvalue weighted by molar-refractivity contribution is 0.473. The molecule has 0 radical (unpaired) electrons. The van der Waals surface area contributed by atoms with Gasteiger partial charge in [0.2, 0.25) is 0 Å². The lowest BCUT2D eigenvalue weighted by Gasteiger charge is -2.11. The largest absolute Gasteiger partial charge is 0.507 e. The first-order valence-electron chi connectivity index (χ1n) is 5.39. The molecule has 17 heavy (non-hydrogen) atoms. The van der Waals surface area contributed by atoms with Crippen molar-refractivity contribution in [1.82, 2.24) is 9.55 Å². The topological polar surface area (TPSA) is 38.0 Å². The molecule has 0 atom stereocenters. The summed E-state index contributed by atoms with van der Waals surface area (Å²) in [5.74, 6) is 0.211. The molecule has 0 saturated carbocycles. The molecule has 1 aromatic carbocycles. The third-order valence-corrected chi connectivity index (χ3v) is 2.65. The number of imidazole rings is 1. The maximum atomic E-state index is 9.90. The van der Waals surface area contributed by atoms with Gasteiger partial charge in [0.15, 0.2) is 0 Å². The van der Waals surface area contributed by atoms with Crippen molar-refractivity contribution in [2.24, 2.45) is 0 Å². The number of allylic oxidation sites excluding steroid dienone is 1. The Morgan fingerprint density at radius 2 is 2.35 bits per heavy atom. The van der Waals surface area contributed by atoms with Gasteiger partial charge in [0.25, 0.3) is 0 Å². The highest BCUT2D eigenvalue weighted by atomic mass is 35.5. The average molecular weight is 249 g/mol. The number of rotatable bonds is 3. The normalized spacial score (nSPS) is 11.8. The molecule has 2 rings (SSSR count). The van der Waals surface area contributed by atoms with Crippen LogP contribution in [0.4, 0.5) is 0 Å². The Balaban J connectivity index is 2.54. The molecule has 0 bridgehead atoms. The minimum Gasteiger partial charge on any atom is -0.507 e. The Labute approximate surface area is 105 Å². The van der Waals surface area contributed by atoms with E-state index < -0.39 is 0 Å². The number of benzene rings is 1. The quantitative estimate of drug-likeness (QED) is 0.902. The zero-order valence-corrected chi connectivity index (χ0v) is 10.2. The summed E-state index contributed by atoms with van der Waals surface area (Å²) < 4.78 is 1.86. The molecule has 0 unspecified atom stereocenters. The van der Waals surface area contributed by atoms with Crippen LogP contribution in [0.15, 0.2) is 43.0 Å². The van der Waals surface area contributed by atoms with Gasteiger partial charge >= 0.3 is 0 Å². The molecular formula is C13H13ClN2O. The minimum absolute atomic E-state index is 0.211. The van der Waals surface area contributed by atoms with Gasteiger partial charge in [0, 0.05) is 23.0 Å². The summed E-state index contributed by atoms with van der Waals surface area (Å²) in [6.07, 6.45) is 8.11. The van der Waals surface area contributed by atoms with E-state index in [2.05, 4.69) is 4.98 Å². The van der Waals surface area contributed by atoms with Gasteiger partial charge in [-0.2, -0.15) is 0 Å². The second-order valence-corrected chi connectivity index (χ2v) is 4.07. The van der Waals surface area contributed by atoms with Gasteiger partial charge in [-0.25, -0.2) is 4.98 Å². The number of nitrogens with zero attached hydrogens (tertiary/aromatic N) is 2. The SMILES string of the molecule is CC/C=C(/c1cc(Cl)ccc1O)n1ccnc1. The van der Waals surface area contributed by atoms with Crippen LogP contribution in [0.3, 0.4) is 0 Å². The van der Waals surface area contributed by atoms with Gasteiger partial charge in [-0.3, -0.25) is 0 Å². The van der Waals surface area contributed by atoms with Crippen LogP contribution >= 0.6 is 11.6 Å². The van der Waals surface area contributed by atoms with E-state index in [0.717, 1.165) is 12.1 Å². The van der Waals surface area contributed by atoms with Crippen molar-refractivity contribution in [3.63, 3.8) is 0 Å². The number of aromatic nitrogens is 2. The lowest BCUT2D eigenvalue weighted by atomic mass is 10.1. The second-order valence-electron chi connectivity index (χ2n) is 3.63. The first-order chi connectivity index (χ1) is 8.22. The van der Waals surface area contributed by atoms with Crippen molar-refractivity contribution < 1.29 is 5.11 Å². The molecule has 4 heteroatoms. The van der Waals surface area contributed by atoms with E-state index in [0.29, 0.717) is 10.6 Å². The van der Waals surface area contributed by atoms with Crippen molar-refractivity contribution in [3.05, 3.63) is 53.6 Å². The van der Waals surface area contributed by atoms with Crippen LogP contribution in [-0.2, 0) is 0 Å². The van der Waals surface area contributed by atoms with Crippen molar-refractivity contribution in [1.29, 1.82) is 0 Å². The van der Waals surface area contributed by atoms with E-state index in [1.807, 2.05) is 23.8 Å². The number of hydrogen-bond donors (Lipinski definition) is 1. The maximum Gasteiger partial charge on any atom is 0.125 e. The molecule has 0 spiro atoms. The highest BCUT2D eigenvalue weighted by molar-refractivity contribution is 6.30. The molecule has 88 valence electrons. The molecule has 1 heterocycles. The smallest absolute Gasteiger partial charge is 0.125 e. The molecule has 1 N–H and O–H groups in total. The number of hydrogen-bond acceptors (Lipinski definition) is 2. The Morgan fingerprint density at radius 3 is 3.00 bits per heavy atom. The van der Waals surface area contributed by atoms with Gasteiger partial charge in [0.05, 0.1) is 12.0 Å². The third kappa shape index (κ3) is 2.50. The Morgan fingerprint density at radius 1 is 1.53 bits per heavy atom. The second kappa shape index (κ2) is 5.06. The highest BCUT2D eigenvalue weighted by Crippen LogP contribution is 2.29. The molecule has 0 aliphatic rings. The lowest BCUT2D eigenvalue weighted by Crippen LogP contribution is -1.96. The molecule has 0 fully saturated rings. The predicted octanol–water partition coefficient (Wildman–Crippen LogP) is 3.54. The van der Waals surface area contributed by atoms with Crippen molar-refractivity contribution >= 4 is 17.3 Å². The Kier molecular flexibility index (Phi) is 3.49. The highest BCUT2D eigenvalue weighted by Gasteiger charge is 2.09. The van der Waals surface area contributed by atoms with E-state index >= 15 is 0 Å². The van der Waals surface area contributed by atoms with Gasteiger partial charge in [-0.1, -0.05) is 24.6 Å². The number of phenols is 1. The fourth-order valence-corrected chi connectivity index (χ4v) is 1.83. The van der Waals surface area contributed by atoms with Crippen LogP contribution in [0.25, 0.3) is 5.70 Å². The number of aromatic hydroxyl groups is 1.